The summed E-state index contributed by atoms with van der Waals surface area (Å²) in [4.78, 5) is 0. The highest BCUT2D eigenvalue weighted by Crippen LogP contribution is 2.47. The summed E-state index contributed by atoms with van der Waals surface area (Å²) in [6, 6.07) is 9.97. The van der Waals surface area contributed by atoms with E-state index in [0.29, 0.717) is 12.4 Å². The fraction of sp³-hybridized carbons (Fsp3) is 0.368. The van der Waals surface area contributed by atoms with E-state index in [1.54, 1.807) is 12.1 Å². The fourth-order valence-corrected chi connectivity index (χ4v) is 3.54. The Morgan fingerprint density at radius 3 is 2.80 bits per heavy atom. The van der Waals surface area contributed by atoms with Gasteiger partial charge in [-0.1, -0.05) is 18.2 Å². The summed E-state index contributed by atoms with van der Waals surface area (Å²) in [6.45, 7) is 1.25. The molecule has 0 aliphatic carbocycles. The molecule has 1 heterocycles. The predicted molar refractivity (Wildman–Crippen MR) is 100 cm³/mol. The highest BCUT2D eigenvalue weighted by atomic mass is 79.9. The minimum absolute atomic E-state index is 0. The lowest BCUT2D eigenvalue weighted by molar-refractivity contribution is 0.223. The van der Waals surface area contributed by atoms with Gasteiger partial charge in [0, 0.05) is 5.56 Å². The lowest BCUT2D eigenvalue weighted by Crippen LogP contribution is -2.30. The summed E-state index contributed by atoms with van der Waals surface area (Å²) < 4.78 is 19.1. The minimum atomic E-state index is -0.231. The molecular formula is C19H23BrFNO3. The molecule has 3 N–H and O–H groups in total. The molecule has 6 heteroatoms. The second kappa shape index (κ2) is 8.54. The van der Waals surface area contributed by atoms with E-state index in [4.69, 9.17) is 4.74 Å². The topological polar surface area (TPSA) is 61.7 Å². The van der Waals surface area contributed by atoms with Gasteiger partial charge >= 0.3 is 0 Å². The van der Waals surface area contributed by atoms with Crippen LogP contribution < -0.4 is 10.1 Å². The van der Waals surface area contributed by atoms with Crippen LogP contribution in [0.15, 0.2) is 36.4 Å². The van der Waals surface area contributed by atoms with E-state index >= 15 is 0 Å². The van der Waals surface area contributed by atoms with Gasteiger partial charge in [0.2, 0.25) is 5.75 Å². The summed E-state index contributed by atoms with van der Waals surface area (Å²) in [6.07, 6.45) is 1.54. The standard InChI is InChI=1S/C19H22FNO3.BrH/c1-21-11-13(9-12-3-2-4-14(20)10-12)15-7-8-24-19-16(15)5-6-17(22)18(19)23;/h2-6,10,13,15,21-23H,7-9,11H2,1H3;1H. The van der Waals surface area contributed by atoms with Crippen LogP contribution in [0.1, 0.15) is 23.5 Å². The Bertz CT molecular complexity index is 726. The molecule has 0 radical (unpaired) electrons. The summed E-state index contributed by atoms with van der Waals surface area (Å²) >= 11 is 0. The van der Waals surface area contributed by atoms with Crippen molar-refractivity contribution >= 4 is 17.0 Å². The van der Waals surface area contributed by atoms with Crippen LogP contribution in [-0.2, 0) is 6.42 Å². The number of benzene rings is 2. The molecule has 0 fully saturated rings. The zero-order valence-electron chi connectivity index (χ0n) is 14.0. The number of phenolic OH excluding ortho intramolecular Hbond substituents is 2. The van der Waals surface area contributed by atoms with E-state index in [1.807, 2.05) is 19.2 Å². The van der Waals surface area contributed by atoms with Gasteiger partial charge < -0.3 is 20.3 Å². The van der Waals surface area contributed by atoms with Gasteiger partial charge in [-0.25, -0.2) is 4.39 Å². The van der Waals surface area contributed by atoms with Gasteiger partial charge in [0.05, 0.1) is 6.61 Å². The molecule has 2 unspecified atom stereocenters. The lowest BCUT2D eigenvalue weighted by Gasteiger charge is -2.33. The van der Waals surface area contributed by atoms with Crippen LogP contribution in [0.3, 0.4) is 0 Å². The second-order valence-electron chi connectivity index (χ2n) is 6.25. The maximum Gasteiger partial charge on any atom is 0.200 e. The Morgan fingerprint density at radius 2 is 2.08 bits per heavy atom. The smallest absolute Gasteiger partial charge is 0.200 e. The van der Waals surface area contributed by atoms with Crippen molar-refractivity contribution in [2.45, 2.75) is 18.8 Å². The number of hydrogen-bond donors (Lipinski definition) is 3. The zero-order valence-corrected chi connectivity index (χ0v) is 15.7. The Labute approximate surface area is 157 Å². The Morgan fingerprint density at radius 1 is 1.28 bits per heavy atom. The highest BCUT2D eigenvalue weighted by molar-refractivity contribution is 8.93. The van der Waals surface area contributed by atoms with Gasteiger partial charge in [0.15, 0.2) is 11.5 Å². The molecule has 0 aromatic heterocycles. The van der Waals surface area contributed by atoms with Gasteiger partial charge in [-0.2, -0.15) is 0 Å². The van der Waals surface area contributed by atoms with Crippen molar-refractivity contribution in [2.24, 2.45) is 5.92 Å². The first kappa shape index (κ1) is 19.5. The van der Waals surface area contributed by atoms with Crippen LogP contribution in [-0.4, -0.2) is 30.4 Å². The van der Waals surface area contributed by atoms with E-state index < -0.39 is 0 Å². The Balaban J connectivity index is 0.00000225. The molecule has 0 spiro atoms. The van der Waals surface area contributed by atoms with Gasteiger partial charge in [0.1, 0.15) is 5.82 Å². The van der Waals surface area contributed by atoms with Crippen LogP contribution in [0.5, 0.6) is 17.2 Å². The normalized spacial score (nSPS) is 17.1. The number of hydrogen-bond acceptors (Lipinski definition) is 4. The van der Waals surface area contributed by atoms with Crippen LogP contribution in [0.2, 0.25) is 0 Å². The molecular weight excluding hydrogens is 389 g/mol. The third-order valence-corrected chi connectivity index (χ3v) is 4.64. The molecule has 4 nitrogen and oxygen atoms in total. The highest BCUT2D eigenvalue weighted by Gasteiger charge is 2.31. The van der Waals surface area contributed by atoms with Crippen molar-refractivity contribution in [1.82, 2.24) is 5.32 Å². The first-order valence-corrected chi connectivity index (χ1v) is 8.16. The molecule has 0 saturated carbocycles. The molecule has 0 amide bonds. The van der Waals surface area contributed by atoms with Gasteiger partial charge in [-0.05, 0) is 62.0 Å². The zero-order chi connectivity index (χ0) is 17.1. The summed E-state index contributed by atoms with van der Waals surface area (Å²) in [5.41, 5.74) is 1.85. The van der Waals surface area contributed by atoms with Gasteiger partial charge in [0.25, 0.3) is 0 Å². The monoisotopic (exact) mass is 411 g/mol. The maximum atomic E-state index is 13.5. The number of ether oxygens (including phenoxy) is 1. The van der Waals surface area contributed by atoms with E-state index in [2.05, 4.69) is 5.32 Å². The average molecular weight is 412 g/mol. The van der Waals surface area contributed by atoms with Crippen LogP contribution in [0, 0.1) is 11.7 Å². The van der Waals surface area contributed by atoms with E-state index in [0.717, 1.165) is 30.5 Å². The number of aromatic hydroxyl groups is 2. The number of fused-ring (bicyclic) bond motifs is 1. The van der Waals surface area contributed by atoms with E-state index in [9.17, 15) is 14.6 Å². The Kier molecular flexibility index (Phi) is 6.67. The number of phenols is 2. The lowest BCUT2D eigenvalue weighted by atomic mass is 9.78. The third-order valence-electron chi connectivity index (χ3n) is 4.64. The van der Waals surface area contributed by atoms with Crippen molar-refractivity contribution in [2.75, 3.05) is 20.2 Å². The van der Waals surface area contributed by atoms with Crippen LogP contribution in [0.4, 0.5) is 4.39 Å². The quantitative estimate of drug-likeness (QED) is 0.655. The SMILES string of the molecule is Br.CNCC(Cc1cccc(F)c1)C1CCOc2c1ccc(O)c2O. The second-order valence-corrected chi connectivity index (χ2v) is 6.25. The average Bonchev–Trinajstić information content (AvgIpc) is 2.57. The molecule has 0 saturated heterocycles. The van der Waals surface area contributed by atoms with Crippen LogP contribution >= 0.6 is 17.0 Å². The maximum absolute atomic E-state index is 13.5. The number of halogens is 2. The summed E-state index contributed by atoms with van der Waals surface area (Å²) in [7, 11) is 1.90. The summed E-state index contributed by atoms with van der Waals surface area (Å²) in [5, 5.41) is 23.0. The van der Waals surface area contributed by atoms with Gasteiger partial charge in [-0.15, -0.1) is 17.0 Å². The number of rotatable bonds is 5. The molecule has 2 aromatic carbocycles. The first-order chi connectivity index (χ1) is 11.6. The molecule has 1 aliphatic rings. The molecule has 1 aliphatic heterocycles. The third kappa shape index (κ3) is 4.25. The molecule has 0 bridgehead atoms. The summed E-state index contributed by atoms with van der Waals surface area (Å²) in [5.74, 6) is 0.146. The van der Waals surface area contributed by atoms with Gasteiger partial charge in [-0.3, -0.25) is 0 Å². The van der Waals surface area contributed by atoms with Crippen molar-refractivity contribution in [3.8, 4) is 17.2 Å². The van der Waals surface area contributed by atoms with Crippen molar-refractivity contribution in [1.29, 1.82) is 0 Å². The molecule has 2 aromatic rings. The Hall–Kier alpha value is -1.79. The minimum Gasteiger partial charge on any atom is -0.504 e. The largest absolute Gasteiger partial charge is 0.504 e. The fourth-order valence-electron chi connectivity index (χ4n) is 3.54. The van der Waals surface area contributed by atoms with E-state index in [-0.39, 0.29) is 46.1 Å². The van der Waals surface area contributed by atoms with Crippen molar-refractivity contribution < 1.29 is 19.3 Å². The molecule has 136 valence electrons. The number of nitrogens with one attached hydrogen (secondary N) is 1. The van der Waals surface area contributed by atoms with Crippen LogP contribution in [0.25, 0.3) is 0 Å². The first-order valence-electron chi connectivity index (χ1n) is 8.16. The molecule has 25 heavy (non-hydrogen) atoms. The van der Waals surface area contributed by atoms with E-state index in [1.165, 1.54) is 12.1 Å². The molecule has 2 atom stereocenters. The van der Waals surface area contributed by atoms with Crippen molar-refractivity contribution in [3.05, 3.63) is 53.3 Å². The predicted octanol–water partition coefficient (Wildman–Crippen LogP) is 3.76. The van der Waals surface area contributed by atoms with Crippen molar-refractivity contribution in [3.63, 3.8) is 0 Å². The molecule has 3 rings (SSSR count).